The van der Waals surface area contributed by atoms with E-state index in [0.717, 1.165) is 57.8 Å². The van der Waals surface area contributed by atoms with E-state index in [4.69, 9.17) is 33.5 Å². The summed E-state index contributed by atoms with van der Waals surface area (Å²) < 4.78 is 437. The van der Waals surface area contributed by atoms with E-state index in [9.17, 15) is 130 Å². The van der Waals surface area contributed by atoms with E-state index >= 15 is 0 Å². The zero-order chi connectivity index (χ0) is 76.9. The molecule has 0 N–H and O–H groups in total. The molecule has 4 saturated carbocycles. The zero-order valence-electron chi connectivity index (χ0n) is 63.2. The van der Waals surface area contributed by atoms with Crippen LogP contribution in [0.1, 0.15) is 112 Å². The molecule has 0 spiro atoms. The normalized spacial score (nSPS) is 34.2. The molecule has 0 aromatic heterocycles. The molecule has 0 aromatic rings. The molecule has 0 aromatic carbocycles. The van der Waals surface area contributed by atoms with Crippen molar-refractivity contribution in [2.45, 2.75) is 210 Å². The van der Waals surface area contributed by atoms with E-state index in [-0.39, 0.29) is 332 Å². The number of hydrogen-bond donors (Lipinski definition) is 0. The van der Waals surface area contributed by atoms with Crippen molar-refractivity contribution < 1.29 is 501 Å². The summed E-state index contributed by atoms with van der Waals surface area (Å²) in [6, 6.07) is 0. The molecular formula is C45H68Na10O47S10. The van der Waals surface area contributed by atoms with E-state index in [1.165, 1.54) is 0 Å². The van der Waals surface area contributed by atoms with E-state index < -0.39 is 227 Å². The summed E-state index contributed by atoms with van der Waals surface area (Å²) in [5.74, 6) is 2.20. The molecule has 3 aliphatic heterocycles. The van der Waals surface area contributed by atoms with Gasteiger partial charge in [0.2, 0.25) is 110 Å². The van der Waals surface area contributed by atoms with Crippen molar-refractivity contribution in [3.63, 3.8) is 0 Å². The maximum absolute atomic E-state index is 12.7. The van der Waals surface area contributed by atoms with Crippen molar-refractivity contribution in [3.05, 3.63) is 0 Å². The first-order chi connectivity index (χ1) is 46.2. The Morgan fingerprint density at radius 2 is 0.670 bits per heavy atom. The predicted molar refractivity (Wildman–Crippen MR) is 304 cm³/mol. The molecule has 7 rings (SSSR count). The molecule has 0 amide bonds. The minimum atomic E-state index is -6.89. The molecule has 112 heavy (non-hydrogen) atoms. The van der Waals surface area contributed by atoms with Gasteiger partial charge < -0.3 is 69.2 Å². The van der Waals surface area contributed by atoms with Gasteiger partial charge in [0.05, 0.1) is 25.9 Å². The van der Waals surface area contributed by atoms with Crippen LogP contribution in [0.5, 0.6) is 0 Å². The minimum absolute atomic E-state index is 0. The third-order valence-electron chi connectivity index (χ3n) is 19.1. The van der Waals surface area contributed by atoms with Crippen LogP contribution in [0.4, 0.5) is 0 Å². The quantitative estimate of drug-likeness (QED) is 0.0187. The molecule has 47 nitrogen and oxygen atoms in total. The van der Waals surface area contributed by atoms with Gasteiger partial charge in [-0.25, -0.2) is 94.0 Å². The van der Waals surface area contributed by atoms with Gasteiger partial charge in [-0.15, -0.1) is 0 Å². The van der Waals surface area contributed by atoms with Gasteiger partial charge in [-0.3, -0.25) is 41.8 Å². The fourth-order valence-corrected chi connectivity index (χ4v) is 20.0. The molecule has 7 aliphatic rings. The SMILES string of the molecule is CC(C)CCC[C@@H](C)[C@H]1CC[C@H]2[C@@H]3CC[C@H]4CC[C@@H](OO[C@H]5O[C@H](COS(=O)(=O)[O-])[C@@H](O[C@H]6O[C@@H](COS(=O)(=O)[O-])[C@@H](O[C@H]7O[C@@H](COS(=O)(=O)[O-])[C@@H](OS(=O)(=O)[O-])[C@H](OS(=O)(=O)[O-])[C@@H]7OS(=O)(=O)[O-])[C@H](OS(=O)(=O)[O-])[C@@H]6OS(=O)(=O)[O-])[C@H](OS(=O)(=O)[O-])[C@@H]5OS(=O)(=O)[O-])C[C@]4(C)[C@H]3CC[C@]12C.[Na+].[Na+].[Na+].[Na+].[Na+].[Na+].[Na+].[Na+].[Na+].[Na+]. The van der Waals surface area contributed by atoms with Crippen LogP contribution in [0.15, 0.2) is 0 Å². The van der Waals surface area contributed by atoms with Crippen molar-refractivity contribution in [1.29, 1.82) is 0 Å². The first-order valence-electron chi connectivity index (χ1n) is 30.1. The van der Waals surface area contributed by atoms with Crippen molar-refractivity contribution >= 4 is 104 Å². The van der Waals surface area contributed by atoms with Gasteiger partial charge in [0, 0.05) is 0 Å². The summed E-state index contributed by atoms with van der Waals surface area (Å²) in [7, 11) is -65.6. The second kappa shape index (κ2) is 50.9. The Bertz CT molecular complexity index is 4150. The monoisotopic (exact) mass is 1910 g/mol. The Labute approximate surface area is 871 Å². The zero-order valence-corrected chi connectivity index (χ0v) is 91.3. The molecule has 0 radical (unpaired) electrons. The van der Waals surface area contributed by atoms with E-state index in [1.54, 1.807) is 0 Å². The van der Waals surface area contributed by atoms with Gasteiger partial charge in [-0.2, -0.15) is 0 Å². The third-order valence-corrected chi connectivity index (χ3v) is 23.6. The predicted octanol–water partition coefficient (Wildman–Crippen LogP) is -34.2. The molecule has 3 heterocycles. The summed E-state index contributed by atoms with van der Waals surface area (Å²) in [4.78, 5) is 11.3. The molecule has 7 fully saturated rings. The first-order valence-corrected chi connectivity index (χ1v) is 43.4. The van der Waals surface area contributed by atoms with E-state index in [1.807, 2.05) is 6.92 Å². The fraction of sp³-hybridized carbons (Fsp3) is 1.00. The van der Waals surface area contributed by atoms with Crippen LogP contribution in [-0.2, 0) is 179 Å². The number of hydrogen-bond acceptors (Lipinski definition) is 47. The molecule has 3 saturated heterocycles. The van der Waals surface area contributed by atoms with Crippen molar-refractivity contribution in [3.8, 4) is 0 Å². The van der Waals surface area contributed by atoms with Crippen LogP contribution in [-0.4, -0.2) is 248 Å². The molecular weight excluding hydrogens is 1840 g/mol. The smallest absolute Gasteiger partial charge is 0.726 e. The van der Waals surface area contributed by atoms with Gasteiger partial charge in [0.1, 0.15) is 54.9 Å². The van der Waals surface area contributed by atoms with Crippen molar-refractivity contribution in [1.82, 2.24) is 0 Å². The van der Waals surface area contributed by atoms with E-state index in [0.29, 0.717) is 30.1 Å². The Balaban J connectivity index is -0.00000583. The Kier molecular flexibility index (Phi) is 57.6. The van der Waals surface area contributed by atoms with E-state index in [2.05, 4.69) is 69.5 Å². The Morgan fingerprint density at radius 3 is 1.04 bits per heavy atom. The molecule has 24 atom stereocenters. The summed E-state index contributed by atoms with van der Waals surface area (Å²) in [5, 5.41) is 0. The van der Waals surface area contributed by atoms with Gasteiger partial charge in [-0.05, 0) is 110 Å². The molecule has 0 unspecified atom stereocenters. The number of ether oxygens (including phenoxy) is 5. The van der Waals surface area contributed by atoms with Crippen LogP contribution in [0.25, 0.3) is 0 Å². The average molecular weight is 1910 g/mol. The van der Waals surface area contributed by atoms with Crippen molar-refractivity contribution in [2.75, 3.05) is 19.8 Å². The topological polar surface area (TPSA) is 729 Å². The van der Waals surface area contributed by atoms with Gasteiger partial charge >= 0.3 is 296 Å². The Morgan fingerprint density at radius 1 is 0.348 bits per heavy atom. The van der Waals surface area contributed by atoms with Gasteiger partial charge in [0.15, 0.2) is 30.9 Å². The van der Waals surface area contributed by atoms with Crippen LogP contribution in [0.3, 0.4) is 0 Å². The first kappa shape index (κ1) is 127. The Hall–Kier alpha value is 8.42. The summed E-state index contributed by atoms with van der Waals surface area (Å²) in [6.07, 6.45) is -44.1. The number of rotatable bonds is 35. The standard InChI is InChI=1S/C45H78O47S10.10Na/c1-21(2)7-6-8-22(3)26-13-14-27-25-12-10-23-9-11-24(17-45(23,5)28(25)15-16-44(26,27)4)84-85-43-40(92-102(73,74)75)36(88-98(61,62)63)33(30(81-43)19-77-94(49,50)51)83-41-38(90-100(67,68)69)35(87-97(58,59)60)32(29(79-41)18-76-93(46,47)48)82-42-39(91-101(70,71)72)37(89-99(64,65)66)34(86-96(55,56)57)31(80-42)20-78-95(52,53)54;;;;;;;;;;/h21-43H,6-20H2,1-5H3,(H,46,47,48)(H,49,50,51)(H,52,53,54)(H,55,56,57)(H,58,59,60)(H,61,62,63)(H,64,65,66)(H,67,68,69)(H,70,71,72)(H,73,74,75);;;;;;;;;;/q;10*+1/p-10/t22-,23-,24-,25+,26-,27+,28+,29+,30-,31+,32-,33-,34-,35+,36+,37+,38+,39+,40+,41-,42-,43-,44-,45+;;;;;;;;;;/m1........../s1. The second-order valence-corrected chi connectivity index (χ2v) is 36.2. The average Bonchev–Trinajstić information content (AvgIpc) is 1.44. The van der Waals surface area contributed by atoms with Crippen LogP contribution in [0.2, 0.25) is 0 Å². The maximum atomic E-state index is 12.7. The summed E-state index contributed by atoms with van der Waals surface area (Å²) in [5.41, 5.74) is -0.517. The largest absolute Gasteiger partial charge is 1.00 e. The summed E-state index contributed by atoms with van der Waals surface area (Å²) >= 11 is 0. The number of fused-ring (bicyclic) bond motifs is 5. The fourth-order valence-electron chi connectivity index (χ4n) is 15.7. The third kappa shape index (κ3) is 39.8. The molecule has 67 heteroatoms. The molecule has 4 aliphatic carbocycles. The molecule has 600 valence electrons. The van der Waals surface area contributed by atoms with Crippen LogP contribution in [0, 0.1) is 52.3 Å². The van der Waals surface area contributed by atoms with Crippen LogP contribution >= 0.6 is 0 Å². The van der Waals surface area contributed by atoms with Gasteiger partial charge in [-0.1, -0.05) is 53.9 Å². The van der Waals surface area contributed by atoms with Crippen LogP contribution < -0.4 is 296 Å². The molecule has 0 bridgehead atoms. The van der Waals surface area contributed by atoms with Crippen molar-refractivity contribution in [2.24, 2.45) is 52.3 Å². The second-order valence-electron chi connectivity index (χ2n) is 26.0. The minimum Gasteiger partial charge on any atom is -0.726 e. The van der Waals surface area contributed by atoms with Gasteiger partial charge in [0.25, 0.3) is 0 Å². The summed E-state index contributed by atoms with van der Waals surface area (Å²) in [6.45, 7) is 4.43. The maximum Gasteiger partial charge on any atom is 1.00 e.